The van der Waals surface area contributed by atoms with Crippen LogP contribution in [-0.4, -0.2) is 50.8 Å². The molecule has 0 fully saturated rings. The Morgan fingerprint density at radius 3 is 2.23 bits per heavy atom. The number of nitrogens with one attached hydrogen (secondary N) is 1. The van der Waals surface area contributed by atoms with Crippen LogP contribution in [0.5, 0.6) is 0 Å². The highest BCUT2D eigenvalue weighted by atomic mass is 35.5. The van der Waals surface area contributed by atoms with Gasteiger partial charge in [-0.1, -0.05) is 78.2 Å². The van der Waals surface area contributed by atoms with Crippen LogP contribution in [0.25, 0.3) is 0 Å². The number of hydrogen-bond acceptors (Lipinski definition) is 4. The van der Waals surface area contributed by atoms with Gasteiger partial charge < -0.3 is 10.2 Å². The standard InChI is InChI=1S/C29H33Cl2N3O4S/c1-4-26(29(36)32-5-2)33(18-17-22-9-7-6-8-10-22)28(35)20-34(27-19-23(30)13-16-25(27)31)39(37,38)24-14-11-21(3)12-15-24/h6-16,19,26H,4-5,17-18,20H2,1-3H3,(H,32,36). The van der Waals surface area contributed by atoms with E-state index in [-0.39, 0.29) is 33.1 Å². The van der Waals surface area contributed by atoms with Crippen molar-refractivity contribution in [2.45, 2.75) is 44.6 Å². The van der Waals surface area contributed by atoms with Gasteiger partial charge in [-0.3, -0.25) is 13.9 Å². The van der Waals surface area contributed by atoms with Gasteiger partial charge in [0.15, 0.2) is 0 Å². The molecule has 3 aromatic rings. The van der Waals surface area contributed by atoms with Crippen molar-refractivity contribution in [2.24, 2.45) is 0 Å². The summed E-state index contributed by atoms with van der Waals surface area (Å²) in [7, 11) is -4.23. The minimum Gasteiger partial charge on any atom is -0.355 e. The minimum atomic E-state index is -4.23. The predicted octanol–water partition coefficient (Wildman–Crippen LogP) is 5.48. The monoisotopic (exact) mass is 589 g/mol. The molecule has 1 atom stereocenters. The van der Waals surface area contributed by atoms with E-state index in [0.29, 0.717) is 19.4 Å². The predicted molar refractivity (Wildman–Crippen MR) is 157 cm³/mol. The van der Waals surface area contributed by atoms with Crippen LogP contribution < -0.4 is 9.62 Å². The molecule has 39 heavy (non-hydrogen) atoms. The molecule has 2 amide bonds. The van der Waals surface area contributed by atoms with Crippen molar-refractivity contribution in [2.75, 3.05) is 23.9 Å². The molecule has 0 aromatic heterocycles. The first kappa shape index (κ1) is 30.5. The zero-order valence-corrected chi connectivity index (χ0v) is 24.6. The van der Waals surface area contributed by atoms with E-state index in [1.54, 1.807) is 25.1 Å². The Morgan fingerprint density at radius 2 is 1.62 bits per heavy atom. The fourth-order valence-corrected chi connectivity index (χ4v) is 6.08. The van der Waals surface area contributed by atoms with E-state index in [1.165, 1.54) is 29.2 Å². The van der Waals surface area contributed by atoms with Gasteiger partial charge in [-0.2, -0.15) is 0 Å². The summed E-state index contributed by atoms with van der Waals surface area (Å²) in [5, 5.41) is 3.17. The van der Waals surface area contributed by atoms with Gasteiger partial charge in [0.2, 0.25) is 11.8 Å². The number of likely N-dealkylation sites (N-methyl/N-ethyl adjacent to an activating group) is 1. The normalized spacial score (nSPS) is 12.0. The van der Waals surface area contributed by atoms with Crippen LogP contribution in [0.1, 0.15) is 31.4 Å². The number of halogens is 2. The van der Waals surface area contributed by atoms with Crippen LogP contribution in [0.15, 0.2) is 77.7 Å². The smallest absolute Gasteiger partial charge is 0.264 e. The van der Waals surface area contributed by atoms with Crippen molar-refractivity contribution in [1.29, 1.82) is 0 Å². The van der Waals surface area contributed by atoms with E-state index >= 15 is 0 Å². The number of aryl methyl sites for hydroxylation is 1. The van der Waals surface area contributed by atoms with Crippen LogP contribution >= 0.6 is 23.2 Å². The van der Waals surface area contributed by atoms with Crippen LogP contribution in [0.3, 0.4) is 0 Å². The summed E-state index contributed by atoms with van der Waals surface area (Å²) in [6.07, 6.45) is 0.847. The lowest BCUT2D eigenvalue weighted by Crippen LogP contribution is -2.53. The van der Waals surface area contributed by atoms with Gasteiger partial charge in [0.1, 0.15) is 12.6 Å². The summed E-state index contributed by atoms with van der Waals surface area (Å²) < 4.78 is 28.8. The van der Waals surface area contributed by atoms with Crippen molar-refractivity contribution in [1.82, 2.24) is 10.2 Å². The number of sulfonamides is 1. The van der Waals surface area contributed by atoms with E-state index in [2.05, 4.69) is 5.32 Å². The van der Waals surface area contributed by atoms with E-state index in [0.717, 1.165) is 15.4 Å². The van der Waals surface area contributed by atoms with Crippen LogP contribution in [0, 0.1) is 6.92 Å². The molecule has 10 heteroatoms. The highest BCUT2D eigenvalue weighted by molar-refractivity contribution is 7.92. The fourth-order valence-electron chi connectivity index (χ4n) is 4.22. The van der Waals surface area contributed by atoms with Crippen LogP contribution in [0.2, 0.25) is 10.0 Å². The number of benzene rings is 3. The molecule has 0 saturated carbocycles. The van der Waals surface area contributed by atoms with Crippen LogP contribution in [-0.2, 0) is 26.0 Å². The SMILES string of the molecule is CCNC(=O)C(CC)N(CCc1ccccc1)C(=O)CN(c1cc(Cl)ccc1Cl)S(=O)(=O)c1ccc(C)cc1. The Kier molecular flexibility index (Phi) is 10.8. The minimum absolute atomic E-state index is 0.00328. The lowest BCUT2D eigenvalue weighted by atomic mass is 10.1. The van der Waals surface area contributed by atoms with Crippen molar-refractivity contribution in [3.05, 3.63) is 94.0 Å². The molecule has 0 aliphatic carbocycles. The van der Waals surface area contributed by atoms with Gasteiger partial charge in [-0.05, 0) is 62.6 Å². The molecule has 0 radical (unpaired) electrons. The van der Waals surface area contributed by atoms with Crippen molar-refractivity contribution >= 4 is 50.7 Å². The average molecular weight is 591 g/mol. The summed E-state index contributed by atoms with van der Waals surface area (Å²) in [5.74, 6) is -0.828. The third-order valence-corrected chi connectivity index (χ3v) is 8.61. The van der Waals surface area contributed by atoms with Crippen molar-refractivity contribution < 1.29 is 18.0 Å². The molecule has 0 bridgehead atoms. The zero-order chi connectivity index (χ0) is 28.6. The lowest BCUT2D eigenvalue weighted by Gasteiger charge is -2.33. The lowest BCUT2D eigenvalue weighted by molar-refractivity contribution is -0.139. The summed E-state index contributed by atoms with van der Waals surface area (Å²) in [6, 6.07) is 19.6. The quantitative estimate of drug-likeness (QED) is 0.303. The Bertz CT molecular complexity index is 1380. The third kappa shape index (κ3) is 7.75. The topological polar surface area (TPSA) is 86.8 Å². The number of amides is 2. The summed E-state index contributed by atoms with van der Waals surface area (Å²) >= 11 is 12.7. The Balaban J connectivity index is 2.05. The van der Waals surface area contributed by atoms with Gasteiger partial charge in [-0.15, -0.1) is 0 Å². The van der Waals surface area contributed by atoms with Gasteiger partial charge >= 0.3 is 0 Å². The largest absolute Gasteiger partial charge is 0.355 e. The van der Waals surface area contributed by atoms with Gasteiger partial charge in [0.25, 0.3) is 10.0 Å². The number of anilines is 1. The van der Waals surface area contributed by atoms with E-state index < -0.39 is 28.5 Å². The van der Waals surface area contributed by atoms with Crippen molar-refractivity contribution in [3.8, 4) is 0 Å². The fraction of sp³-hybridized carbons (Fsp3) is 0.310. The first-order valence-electron chi connectivity index (χ1n) is 12.7. The summed E-state index contributed by atoms with van der Waals surface area (Å²) in [5.41, 5.74) is 1.95. The third-order valence-electron chi connectivity index (χ3n) is 6.29. The maximum Gasteiger partial charge on any atom is 0.264 e. The van der Waals surface area contributed by atoms with E-state index in [4.69, 9.17) is 23.2 Å². The number of carbonyl (C=O) groups excluding carboxylic acids is 2. The van der Waals surface area contributed by atoms with Gasteiger partial charge in [-0.25, -0.2) is 8.42 Å². The molecule has 7 nitrogen and oxygen atoms in total. The maximum atomic E-state index is 13.9. The first-order chi connectivity index (χ1) is 18.6. The molecule has 0 heterocycles. The van der Waals surface area contributed by atoms with Gasteiger partial charge in [0.05, 0.1) is 15.6 Å². The van der Waals surface area contributed by atoms with E-state index in [9.17, 15) is 18.0 Å². The number of hydrogen-bond donors (Lipinski definition) is 1. The first-order valence-corrected chi connectivity index (χ1v) is 14.9. The highest BCUT2D eigenvalue weighted by Gasteiger charge is 2.34. The number of carbonyl (C=O) groups is 2. The molecule has 3 aromatic carbocycles. The second-order valence-electron chi connectivity index (χ2n) is 9.06. The van der Waals surface area contributed by atoms with Gasteiger partial charge in [0, 0.05) is 18.1 Å². The molecule has 1 N–H and O–H groups in total. The zero-order valence-electron chi connectivity index (χ0n) is 22.2. The summed E-state index contributed by atoms with van der Waals surface area (Å²) in [6.45, 7) is 5.53. The average Bonchev–Trinajstić information content (AvgIpc) is 2.91. The molecule has 208 valence electrons. The molecular weight excluding hydrogens is 557 g/mol. The Hall–Kier alpha value is -3.07. The second kappa shape index (κ2) is 13.8. The van der Waals surface area contributed by atoms with E-state index in [1.807, 2.05) is 44.2 Å². The molecule has 3 rings (SSSR count). The molecular formula is C29H33Cl2N3O4S. The molecule has 0 aliphatic heterocycles. The molecule has 0 spiro atoms. The molecule has 0 aliphatic rings. The Morgan fingerprint density at radius 1 is 0.949 bits per heavy atom. The second-order valence-corrected chi connectivity index (χ2v) is 11.8. The van der Waals surface area contributed by atoms with Crippen molar-refractivity contribution in [3.63, 3.8) is 0 Å². The molecule has 1 unspecified atom stereocenters. The number of nitrogens with zero attached hydrogens (tertiary/aromatic N) is 2. The molecule has 0 saturated heterocycles. The summed E-state index contributed by atoms with van der Waals surface area (Å²) in [4.78, 5) is 28.4. The number of rotatable bonds is 12. The highest BCUT2D eigenvalue weighted by Crippen LogP contribution is 2.33. The Labute approximate surface area is 240 Å². The maximum absolute atomic E-state index is 13.9. The van der Waals surface area contributed by atoms with Crippen LogP contribution in [0.4, 0.5) is 5.69 Å².